The summed E-state index contributed by atoms with van der Waals surface area (Å²) in [6.45, 7) is -0.220. The highest BCUT2D eigenvalue weighted by Crippen LogP contribution is 2.22. The highest BCUT2D eigenvalue weighted by molar-refractivity contribution is 7.16. The minimum absolute atomic E-state index is 0.0112. The third kappa shape index (κ3) is 4.83. The summed E-state index contributed by atoms with van der Waals surface area (Å²) in [5, 5.41) is 14.7. The maximum atomic E-state index is 11.5. The van der Waals surface area contributed by atoms with Crippen LogP contribution in [0.25, 0.3) is 0 Å². The Hall–Kier alpha value is -2.45. The van der Waals surface area contributed by atoms with Gasteiger partial charge in [-0.3, -0.25) is 14.9 Å². The Balaban J connectivity index is 1.79. The average Bonchev–Trinajstić information content (AvgIpc) is 2.94. The molecule has 9 heteroatoms. The molecular formula is C13H10ClN3O4S. The molecule has 1 aromatic carbocycles. The number of hydrogen-bond acceptors (Lipinski definition) is 6. The van der Waals surface area contributed by atoms with E-state index in [4.69, 9.17) is 16.3 Å². The number of benzene rings is 1. The topological polar surface area (TPSA) is 93.8 Å². The Bertz CT molecular complexity index is 717. The van der Waals surface area contributed by atoms with E-state index >= 15 is 0 Å². The Morgan fingerprint density at radius 2 is 2.27 bits per heavy atom. The number of amides is 1. The fraction of sp³-hybridized carbons (Fsp3) is 0.0769. The van der Waals surface area contributed by atoms with Crippen molar-refractivity contribution in [2.45, 2.75) is 0 Å². The molecule has 2 rings (SSSR count). The van der Waals surface area contributed by atoms with E-state index in [1.165, 1.54) is 12.3 Å². The van der Waals surface area contributed by atoms with Gasteiger partial charge < -0.3 is 4.74 Å². The minimum Gasteiger partial charge on any atom is -0.484 e. The lowest BCUT2D eigenvalue weighted by Crippen LogP contribution is -2.24. The summed E-state index contributed by atoms with van der Waals surface area (Å²) >= 11 is 6.74. The van der Waals surface area contributed by atoms with Crippen molar-refractivity contribution in [3.8, 4) is 5.75 Å². The predicted octanol–water partition coefficient (Wildman–Crippen LogP) is 2.84. The number of hydrogen-bond donors (Lipinski definition) is 1. The van der Waals surface area contributed by atoms with Crippen LogP contribution in [0.3, 0.4) is 0 Å². The SMILES string of the molecule is O=C(COc1cccc(Cl)c1)N/N=C\c1ccc([N+](=O)[O-])s1. The fourth-order valence-electron chi connectivity index (χ4n) is 1.42. The Morgan fingerprint density at radius 3 is 2.95 bits per heavy atom. The molecule has 0 bridgehead atoms. The fourth-order valence-corrected chi connectivity index (χ4v) is 2.29. The van der Waals surface area contributed by atoms with Crippen LogP contribution in [0, 0.1) is 10.1 Å². The van der Waals surface area contributed by atoms with Gasteiger partial charge in [0.05, 0.1) is 16.0 Å². The molecule has 0 saturated heterocycles. The molecule has 7 nitrogen and oxygen atoms in total. The van der Waals surface area contributed by atoms with Gasteiger partial charge in [0.1, 0.15) is 5.75 Å². The molecule has 0 unspecified atom stereocenters. The molecule has 0 spiro atoms. The first-order valence-electron chi connectivity index (χ1n) is 5.99. The average molecular weight is 340 g/mol. The molecule has 114 valence electrons. The van der Waals surface area contributed by atoms with Crippen LogP contribution < -0.4 is 10.2 Å². The van der Waals surface area contributed by atoms with E-state index in [9.17, 15) is 14.9 Å². The molecular weight excluding hydrogens is 330 g/mol. The number of thiophene rings is 1. The van der Waals surface area contributed by atoms with Crippen LogP contribution in [0.15, 0.2) is 41.5 Å². The molecule has 1 heterocycles. The maximum absolute atomic E-state index is 11.5. The lowest BCUT2D eigenvalue weighted by Gasteiger charge is -2.04. The van der Waals surface area contributed by atoms with E-state index in [0.29, 0.717) is 15.6 Å². The number of carbonyl (C=O) groups excluding carboxylic acids is 1. The van der Waals surface area contributed by atoms with Crippen molar-refractivity contribution in [3.63, 3.8) is 0 Å². The van der Waals surface area contributed by atoms with Crippen molar-refractivity contribution in [2.75, 3.05) is 6.61 Å². The van der Waals surface area contributed by atoms with E-state index in [1.807, 2.05) is 0 Å². The largest absolute Gasteiger partial charge is 0.484 e. The zero-order valence-electron chi connectivity index (χ0n) is 11.1. The van der Waals surface area contributed by atoms with Crippen molar-refractivity contribution in [1.29, 1.82) is 0 Å². The second kappa shape index (κ2) is 7.53. The van der Waals surface area contributed by atoms with Crippen LogP contribution in [-0.2, 0) is 4.79 Å². The van der Waals surface area contributed by atoms with Gasteiger partial charge in [0.2, 0.25) is 0 Å². The molecule has 0 aliphatic heterocycles. The predicted molar refractivity (Wildman–Crippen MR) is 83.7 cm³/mol. The van der Waals surface area contributed by atoms with E-state index in [0.717, 1.165) is 11.3 Å². The van der Waals surface area contributed by atoms with E-state index < -0.39 is 10.8 Å². The van der Waals surface area contributed by atoms with Crippen LogP contribution >= 0.6 is 22.9 Å². The number of halogens is 1. The Kier molecular flexibility index (Phi) is 5.45. The van der Waals surface area contributed by atoms with Crippen LogP contribution in [-0.4, -0.2) is 23.7 Å². The standard InChI is InChI=1S/C13H10ClN3O4S/c14-9-2-1-3-10(6-9)21-8-12(18)16-15-7-11-4-5-13(22-11)17(19)20/h1-7H,8H2,(H,16,18)/b15-7-. The van der Waals surface area contributed by atoms with Gasteiger partial charge in [-0.1, -0.05) is 29.0 Å². The molecule has 0 saturated carbocycles. The van der Waals surface area contributed by atoms with Gasteiger partial charge >= 0.3 is 5.00 Å². The van der Waals surface area contributed by atoms with Crippen molar-refractivity contribution in [3.05, 3.63) is 56.4 Å². The van der Waals surface area contributed by atoms with Crippen molar-refractivity contribution < 1.29 is 14.5 Å². The summed E-state index contributed by atoms with van der Waals surface area (Å²) in [4.78, 5) is 22.1. The highest BCUT2D eigenvalue weighted by atomic mass is 35.5. The molecule has 0 atom stereocenters. The van der Waals surface area contributed by atoms with Gasteiger partial charge in [0, 0.05) is 11.1 Å². The van der Waals surface area contributed by atoms with E-state index in [1.54, 1.807) is 30.3 Å². The Labute approximate surface area is 134 Å². The first-order valence-corrected chi connectivity index (χ1v) is 7.18. The number of nitrogens with one attached hydrogen (secondary N) is 1. The summed E-state index contributed by atoms with van der Waals surface area (Å²) < 4.78 is 5.23. The smallest absolute Gasteiger partial charge is 0.324 e. The molecule has 22 heavy (non-hydrogen) atoms. The molecule has 0 aliphatic rings. The maximum Gasteiger partial charge on any atom is 0.324 e. The van der Waals surface area contributed by atoms with Crippen molar-refractivity contribution in [1.82, 2.24) is 5.43 Å². The van der Waals surface area contributed by atoms with Gasteiger partial charge in [-0.15, -0.1) is 0 Å². The van der Waals surface area contributed by atoms with Crippen LogP contribution in [0.1, 0.15) is 4.88 Å². The van der Waals surface area contributed by atoms with Crippen LogP contribution in [0.2, 0.25) is 5.02 Å². The normalized spacial score (nSPS) is 10.6. The Morgan fingerprint density at radius 1 is 1.45 bits per heavy atom. The summed E-state index contributed by atoms with van der Waals surface area (Å²) in [7, 11) is 0. The molecule has 0 radical (unpaired) electrons. The molecule has 0 aliphatic carbocycles. The third-order valence-electron chi connectivity index (χ3n) is 2.34. The zero-order chi connectivity index (χ0) is 15.9. The third-order valence-corrected chi connectivity index (χ3v) is 3.55. The molecule has 1 aromatic heterocycles. The number of ether oxygens (including phenoxy) is 1. The molecule has 2 aromatic rings. The van der Waals surface area contributed by atoms with Gasteiger partial charge in [-0.25, -0.2) is 5.43 Å². The quantitative estimate of drug-likeness (QED) is 0.497. The number of hydrazone groups is 1. The van der Waals surface area contributed by atoms with Gasteiger partial charge in [-0.05, 0) is 24.3 Å². The number of carbonyl (C=O) groups is 1. The lowest BCUT2D eigenvalue weighted by molar-refractivity contribution is -0.380. The van der Waals surface area contributed by atoms with Crippen molar-refractivity contribution >= 4 is 40.1 Å². The van der Waals surface area contributed by atoms with Crippen molar-refractivity contribution in [2.24, 2.45) is 5.10 Å². The summed E-state index contributed by atoms with van der Waals surface area (Å²) in [6, 6.07) is 9.57. The van der Waals surface area contributed by atoms with Crippen LogP contribution in [0.5, 0.6) is 5.75 Å². The monoisotopic (exact) mass is 339 g/mol. The number of nitro groups is 1. The zero-order valence-corrected chi connectivity index (χ0v) is 12.6. The van der Waals surface area contributed by atoms with E-state index in [-0.39, 0.29) is 11.6 Å². The summed E-state index contributed by atoms with van der Waals surface area (Å²) in [6.07, 6.45) is 1.33. The number of nitrogens with zero attached hydrogens (tertiary/aromatic N) is 2. The minimum atomic E-state index is -0.487. The molecule has 1 amide bonds. The lowest BCUT2D eigenvalue weighted by atomic mass is 10.3. The number of rotatable bonds is 6. The van der Waals surface area contributed by atoms with E-state index in [2.05, 4.69) is 10.5 Å². The summed E-state index contributed by atoms with van der Waals surface area (Å²) in [5.41, 5.74) is 2.26. The van der Waals surface area contributed by atoms with Crippen LogP contribution in [0.4, 0.5) is 5.00 Å². The summed E-state index contributed by atoms with van der Waals surface area (Å²) in [5.74, 6) is 0.0165. The second-order valence-electron chi connectivity index (χ2n) is 3.97. The first kappa shape index (κ1) is 15.9. The van der Waals surface area contributed by atoms with Gasteiger partial charge in [0.25, 0.3) is 5.91 Å². The first-order chi connectivity index (χ1) is 10.5. The highest BCUT2D eigenvalue weighted by Gasteiger charge is 2.08. The molecule has 1 N–H and O–H groups in total. The van der Waals surface area contributed by atoms with Gasteiger partial charge in [0.15, 0.2) is 6.61 Å². The van der Waals surface area contributed by atoms with Gasteiger partial charge in [-0.2, -0.15) is 5.10 Å². The second-order valence-corrected chi connectivity index (χ2v) is 5.50. The molecule has 0 fully saturated rings.